The Labute approximate surface area is 171 Å². The van der Waals surface area contributed by atoms with E-state index in [0.717, 1.165) is 32.5 Å². The molecular weight excluding hydrogens is 370 g/mol. The van der Waals surface area contributed by atoms with E-state index in [9.17, 15) is 4.79 Å². The average Bonchev–Trinajstić information content (AvgIpc) is 3.24. The molecule has 0 spiro atoms. The number of rotatable bonds is 4. The number of urea groups is 1. The molecule has 8 nitrogen and oxygen atoms in total. The van der Waals surface area contributed by atoms with Crippen molar-refractivity contribution in [1.82, 2.24) is 24.8 Å². The van der Waals surface area contributed by atoms with Crippen LogP contribution in [-0.2, 0) is 11.3 Å². The van der Waals surface area contributed by atoms with Crippen LogP contribution in [0.1, 0.15) is 42.1 Å². The number of piperidine rings is 1. The zero-order valence-corrected chi connectivity index (χ0v) is 17.2. The largest absolute Gasteiger partial charge is 0.367 e. The molecule has 1 aromatic carbocycles. The molecule has 0 bridgehead atoms. The molecular formula is C21H29N5O3. The third-order valence-corrected chi connectivity index (χ3v) is 5.64. The van der Waals surface area contributed by atoms with Crippen LogP contribution in [0, 0.1) is 0 Å². The second kappa shape index (κ2) is 8.92. The van der Waals surface area contributed by atoms with E-state index in [4.69, 9.17) is 9.26 Å². The lowest BCUT2D eigenvalue weighted by Gasteiger charge is -2.32. The van der Waals surface area contributed by atoms with Gasteiger partial charge in [-0.2, -0.15) is 4.98 Å². The Morgan fingerprint density at radius 2 is 1.93 bits per heavy atom. The molecule has 2 saturated heterocycles. The van der Waals surface area contributed by atoms with Crippen molar-refractivity contribution in [1.29, 1.82) is 0 Å². The molecule has 0 radical (unpaired) electrons. The fraction of sp³-hybridized carbons (Fsp3) is 0.571. The smallest absolute Gasteiger partial charge is 0.319 e. The summed E-state index contributed by atoms with van der Waals surface area (Å²) in [7, 11) is 3.56. The van der Waals surface area contributed by atoms with E-state index < -0.39 is 0 Å². The van der Waals surface area contributed by atoms with Gasteiger partial charge in [0.25, 0.3) is 0 Å². The molecule has 0 saturated carbocycles. The van der Waals surface area contributed by atoms with Crippen molar-refractivity contribution in [3.05, 3.63) is 47.6 Å². The number of carbonyl (C=O) groups is 1. The van der Waals surface area contributed by atoms with Gasteiger partial charge >= 0.3 is 6.03 Å². The quantitative estimate of drug-likeness (QED) is 0.786. The lowest BCUT2D eigenvalue weighted by atomic mass is 9.97. The molecule has 1 atom stereocenters. The summed E-state index contributed by atoms with van der Waals surface area (Å²) in [5, 5.41) is 4.21. The molecule has 2 fully saturated rings. The number of aromatic nitrogens is 2. The Morgan fingerprint density at radius 3 is 2.66 bits per heavy atom. The predicted molar refractivity (Wildman–Crippen MR) is 107 cm³/mol. The first-order valence-electron chi connectivity index (χ1n) is 10.3. The van der Waals surface area contributed by atoms with E-state index in [1.165, 1.54) is 5.56 Å². The SMILES string of the molecule is CN(C)C(=O)N1CCC(c2nc([C@H]3CN(Cc4ccccc4)CCO3)no2)CC1. The van der Waals surface area contributed by atoms with Crippen LogP contribution in [0.15, 0.2) is 34.9 Å². The molecule has 0 aliphatic carbocycles. The second-order valence-electron chi connectivity index (χ2n) is 8.01. The second-order valence-corrected chi connectivity index (χ2v) is 8.01. The Bertz CT molecular complexity index is 802. The first kappa shape index (κ1) is 19.8. The van der Waals surface area contributed by atoms with Crippen molar-refractivity contribution in [2.24, 2.45) is 0 Å². The zero-order chi connectivity index (χ0) is 20.2. The Kier molecular flexibility index (Phi) is 6.10. The van der Waals surface area contributed by atoms with Gasteiger partial charge < -0.3 is 19.1 Å². The first-order valence-corrected chi connectivity index (χ1v) is 10.3. The van der Waals surface area contributed by atoms with Crippen LogP contribution in [0.4, 0.5) is 4.79 Å². The Balaban J connectivity index is 1.33. The van der Waals surface area contributed by atoms with Gasteiger partial charge in [-0.25, -0.2) is 4.79 Å². The summed E-state index contributed by atoms with van der Waals surface area (Å²) < 4.78 is 11.5. The summed E-state index contributed by atoms with van der Waals surface area (Å²) in [6, 6.07) is 10.5. The van der Waals surface area contributed by atoms with Gasteiger partial charge in [0.05, 0.1) is 6.61 Å². The van der Waals surface area contributed by atoms with Crippen molar-refractivity contribution in [2.45, 2.75) is 31.4 Å². The van der Waals surface area contributed by atoms with Crippen molar-refractivity contribution < 1.29 is 14.1 Å². The van der Waals surface area contributed by atoms with Crippen molar-refractivity contribution in [2.75, 3.05) is 46.9 Å². The fourth-order valence-electron chi connectivity index (χ4n) is 3.99. The maximum absolute atomic E-state index is 12.1. The lowest BCUT2D eigenvalue weighted by Crippen LogP contribution is -2.43. The molecule has 2 amide bonds. The summed E-state index contributed by atoms with van der Waals surface area (Å²) >= 11 is 0. The van der Waals surface area contributed by atoms with E-state index in [1.54, 1.807) is 19.0 Å². The van der Waals surface area contributed by atoms with Gasteiger partial charge in [0.1, 0.15) is 6.10 Å². The Hall–Kier alpha value is -2.45. The van der Waals surface area contributed by atoms with E-state index in [0.29, 0.717) is 31.4 Å². The van der Waals surface area contributed by atoms with Crippen LogP contribution in [0.3, 0.4) is 0 Å². The van der Waals surface area contributed by atoms with Crippen LogP contribution in [-0.4, -0.2) is 77.8 Å². The Morgan fingerprint density at radius 1 is 1.17 bits per heavy atom. The molecule has 8 heteroatoms. The minimum absolute atomic E-state index is 0.0591. The van der Waals surface area contributed by atoms with Gasteiger partial charge in [0.2, 0.25) is 11.7 Å². The van der Waals surface area contributed by atoms with E-state index in [2.05, 4.69) is 39.3 Å². The van der Waals surface area contributed by atoms with Crippen molar-refractivity contribution >= 4 is 6.03 Å². The van der Waals surface area contributed by atoms with Crippen LogP contribution in [0.2, 0.25) is 0 Å². The molecule has 0 N–H and O–H groups in total. The minimum atomic E-state index is -0.166. The highest BCUT2D eigenvalue weighted by molar-refractivity contribution is 5.73. The number of benzene rings is 1. The van der Waals surface area contributed by atoms with Crippen LogP contribution >= 0.6 is 0 Å². The number of morpholine rings is 1. The molecule has 2 aliphatic rings. The first-order chi connectivity index (χ1) is 14.1. The van der Waals surface area contributed by atoms with Crippen molar-refractivity contribution in [3.8, 4) is 0 Å². The van der Waals surface area contributed by atoms with E-state index >= 15 is 0 Å². The summed E-state index contributed by atoms with van der Waals surface area (Å²) in [5.74, 6) is 1.50. The zero-order valence-electron chi connectivity index (χ0n) is 17.2. The third-order valence-electron chi connectivity index (χ3n) is 5.64. The summed E-state index contributed by atoms with van der Waals surface area (Å²) in [5.41, 5.74) is 1.29. The highest BCUT2D eigenvalue weighted by Gasteiger charge is 2.31. The average molecular weight is 399 g/mol. The van der Waals surface area contributed by atoms with Gasteiger partial charge in [0.15, 0.2) is 0 Å². The number of likely N-dealkylation sites (tertiary alicyclic amines) is 1. The summed E-state index contributed by atoms with van der Waals surface area (Å²) in [4.78, 5) is 22.6. The van der Waals surface area contributed by atoms with Gasteiger partial charge in [-0.05, 0) is 18.4 Å². The van der Waals surface area contributed by atoms with Crippen LogP contribution < -0.4 is 0 Å². The van der Waals surface area contributed by atoms with Gasteiger partial charge in [0, 0.05) is 52.7 Å². The highest BCUT2D eigenvalue weighted by atomic mass is 16.5. The number of carbonyl (C=O) groups excluding carboxylic acids is 1. The monoisotopic (exact) mass is 399 g/mol. The minimum Gasteiger partial charge on any atom is -0.367 e. The molecule has 2 aliphatic heterocycles. The molecule has 0 unspecified atom stereocenters. The van der Waals surface area contributed by atoms with Crippen LogP contribution in [0.5, 0.6) is 0 Å². The maximum Gasteiger partial charge on any atom is 0.319 e. The topological polar surface area (TPSA) is 74.9 Å². The van der Waals surface area contributed by atoms with Gasteiger partial charge in [-0.3, -0.25) is 4.90 Å². The molecule has 4 rings (SSSR count). The van der Waals surface area contributed by atoms with Crippen molar-refractivity contribution in [3.63, 3.8) is 0 Å². The number of ether oxygens (including phenoxy) is 1. The number of nitrogens with zero attached hydrogens (tertiary/aromatic N) is 5. The summed E-state index contributed by atoms with van der Waals surface area (Å²) in [6.07, 6.45) is 1.51. The standard InChI is InChI=1S/C21H29N5O3/c1-24(2)21(27)26-10-8-17(9-11-26)20-22-19(23-29-20)18-15-25(12-13-28-18)14-16-6-4-3-5-7-16/h3-7,17-18H,8-15H2,1-2H3/t18-/m1/s1. The molecule has 156 valence electrons. The number of hydrogen-bond donors (Lipinski definition) is 0. The third kappa shape index (κ3) is 4.76. The van der Waals surface area contributed by atoms with E-state index in [1.807, 2.05) is 11.0 Å². The predicted octanol–water partition coefficient (Wildman–Crippen LogP) is 2.50. The normalized spacial score (nSPS) is 21.3. The lowest BCUT2D eigenvalue weighted by molar-refractivity contribution is -0.0380. The van der Waals surface area contributed by atoms with Gasteiger partial charge in [-0.15, -0.1) is 0 Å². The maximum atomic E-state index is 12.1. The fourth-order valence-corrected chi connectivity index (χ4v) is 3.99. The van der Waals surface area contributed by atoms with Crippen LogP contribution in [0.25, 0.3) is 0 Å². The van der Waals surface area contributed by atoms with E-state index in [-0.39, 0.29) is 18.1 Å². The molecule has 3 heterocycles. The number of amides is 2. The van der Waals surface area contributed by atoms with Gasteiger partial charge in [-0.1, -0.05) is 35.5 Å². The highest BCUT2D eigenvalue weighted by Crippen LogP contribution is 2.29. The molecule has 29 heavy (non-hydrogen) atoms. The number of hydrogen-bond acceptors (Lipinski definition) is 6. The molecule has 2 aromatic rings. The molecule has 1 aromatic heterocycles. The summed E-state index contributed by atoms with van der Waals surface area (Å²) in [6.45, 7) is 4.63.